The molecule has 1 unspecified atom stereocenters. The lowest BCUT2D eigenvalue weighted by Crippen LogP contribution is -2.14. The topological polar surface area (TPSA) is 35.5 Å². The van der Waals surface area contributed by atoms with E-state index in [1.54, 1.807) is 0 Å². The molecule has 0 heterocycles. The molecule has 0 aliphatic rings. The van der Waals surface area contributed by atoms with Gasteiger partial charge in [-0.25, -0.2) is 4.79 Å². The summed E-state index contributed by atoms with van der Waals surface area (Å²) < 4.78 is 9.88. The molecule has 0 saturated heterocycles. The maximum absolute atomic E-state index is 11.0. The van der Waals surface area contributed by atoms with Gasteiger partial charge in [0.25, 0.3) is 0 Å². The number of carbonyl (C=O) groups excluding carboxylic acids is 1. The van der Waals surface area contributed by atoms with Crippen LogP contribution in [0.4, 0.5) is 0 Å². The summed E-state index contributed by atoms with van der Waals surface area (Å²) in [5, 5.41) is -0.585. The van der Waals surface area contributed by atoms with Gasteiger partial charge in [0.15, 0.2) is 16.3 Å². The van der Waals surface area contributed by atoms with Crippen LogP contribution in [0, 0.1) is 0 Å². The van der Waals surface area contributed by atoms with Crippen LogP contribution < -0.4 is 0 Å². The quantitative estimate of drug-likeness (QED) is 0.535. The van der Waals surface area contributed by atoms with E-state index in [1.165, 1.54) is 0 Å². The average Bonchev–Trinajstić information content (AvgIpc) is 2.42. The summed E-state index contributed by atoms with van der Waals surface area (Å²) in [5.41, 5.74) is 1.16. The Morgan fingerprint density at radius 3 is 2.67 bits per heavy atom. The monoisotopic (exact) mass is 334 g/mol. The number of halogens is 2. The van der Waals surface area contributed by atoms with Crippen molar-refractivity contribution in [1.29, 1.82) is 0 Å². The van der Waals surface area contributed by atoms with Crippen LogP contribution in [0.15, 0.2) is 30.3 Å². The Morgan fingerprint density at radius 2 is 2.00 bits per heavy atom. The van der Waals surface area contributed by atoms with Gasteiger partial charge < -0.3 is 8.57 Å². The van der Waals surface area contributed by atoms with Crippen molar-refractivity contribution in [1.82, 2.24) is 0 Å². The highest BCUT2D eigenvalue weighted by atomic mass is 79.9. The van der Waals surface area contributed by atoms with E-state index < -0.39 is 11.3 Å². The predicted octanol–water partition coefficient (Wildman–Crippen LogP) is 3.83. The Labute approximate surface area is 121 Å². The zero-order chi connectivity index (χ0) is 13.2. The average molecular weight is 336 g/mol. The lowest BCUT2D eigenvalue weighted by atomic mass is 10.2. The molecule has 0 radical (unpaired) electrons. The Hall–Kier alpha value is -0.580. The molecule has 1 rings (SSSR count). The minimum Gasteiger partial charge on any atom is -0.382 e. The second kappa shape index (κ2) is 9.36. The predicted molar refractivity (Wildman–Crippen MR) is 74.6 cm³/mol. The molecule has 0 N–H and O–H groups in total. The van der Waals surface area contributed by atoms with E-state index in [2.05, 4.69) is 20.1 Å². The van der Waals surface area contributed by atoms with Crippen molar-refractivity contribution in [3.63, 3.8) is 0 Å². The van der Waals surface area contributed by atoms with Crippen molar-refractivity contribution in [2.75, 3.05) is 6.61 Å². The summed E-state index contributed by atoms with van der Waals surface area (Å²) >= 11 is 8.41. The van der Waals surface area contributed by atoms with Crippen LogP contribution in [0.3, 0.4) is 0 Å². The van der Waals surface area contributed by atoms with Gasteiger partial charge in [0.05, 0.1) is 6.61 Å². The Kier molecular flexibility index (Phi) is 8.05. The molecular formula is C13H16BrClO3. The van der Waals surface area contributed by atoms with Crippen molar-refractivity contribution in [3.8, 4) is 0 Å². The number of carbonyl (C=O) groups is 1. The van der Waals surface area contributed by atoms with Crippen LogP contribution in [-0.2, 0) is 20.0 Å². The number of hydrogen-bond donors (Lipinski definition) is 0. The van der Waals surface area contributed by atoms with Crippen molar-refractivity contribution in [2.24, 2.45) is 0 Å². The largest absolute Gasteiger partial charge is 0.382 e. The third-order valence-corrected chi connectivity index (χ3v) is 3.16. The van der Waals surface area contributed by atoms with Crippen LogP contribution in [0.1, 0.15) is 24.8 Å². The fourth-order valence-corrected chi connectivity index (χ4v) is 1.99. The summed E-state index contributed by atoms with van der Waals surface area (Å²) in [5.74, 6) is -0.443. The zero-order valence-electron chi connectivity index (χ0n) is 9.98. The molecule has 5 heteroatoms. The van der Waals surface area contributed by atoms with Crippen molar-refractivity contribution >= 4 is 33.8 Å². The minimum atomic E-state index is -0.585. The molecule has 3 nitrogen and oxygen atoms in total. The van der Waals surface area contributed by atoms with E-state index >= 15 is 0 Å². The van der Waals surface area contributed by atoms with Gasteiger partial charge in [0.1, 0.15) is 5.38 Å². The van der Waals surface area contributed by atoms with E-state index in [0.717, 1.165) is 18.4 Å². The summed E-state index contributed by atoms with van der Waals surface area (Å²) in [7, 11) is 0. The molecule has 0 aliphatic heterocycles. The molecule has 100 valence electrons. The second-order valence-electron chi connectivity index (χ2n) is 3.90. The van der Waals surface area contributed by atoms with Gasteiger partial charge in [0, 0.05) is 6.61 Å². The highest BCUT2D eigenvalue weighted by molar-refractivity contribution is 9.06. The molecule has 0 aliphatic carbocycles. The first-order valence-corrected chi connectivity index (χ1v) is 6.90. The summed E-state index contributed by atoms with van der Waals surface area (Å²) in [4.78, 5) is 11.0. The second-order valence-corrected chi connectivity index (χ2v) is 4.75. The number of hydrogen-bond acceptors (Lipinski definition) is 3. The van der Waals surface area contributed by atoms with E-state index in [-0.39, 0.29) is 0 Å². The minimum absolute atomic E-state index is 0.443. The Morgan fingerprint density at radius 1 is 1.28 bits per heavy atom. The molecule has 1 atom stereocenters. The molecule has 0 saturated carbocycles. The van der Waals surface area contributed by atoms with Gasteiger partial charge in [-0.15, -0.1) is 11.6 Å². The highest BCUT2D eigenvalue weighted by Gasteiger charge is 2.15. The SMILES string of the molecule is O=C(OBr)C(Cl)CCCCOCc1ccccc1. The van der Waals surface area contributed by atoms with E-state index in [1.807, 2.05) is 30.3 Å². The van der Waals surface area contributed by atoms with Gasteiger partial charge in [-0.05, 0) is 24.8 Å². The standard InChI is InChI=1S/C13H16BrClO3/c14-18-13(16)12(15)8-4-5-9-17-10-11-6-2-1-3-7-11/h1-3,6-7,12H,4-5,8-10H2. The zero-order valence-corrected chi connectivity index (χ0v) is 12.3. The van der Waals surface area contributed by atoms with Crippen molar-refractivity contribution in [3.05, 3.63) is 35.9 Å². The molecule has 0 bridgehead atoms. The van der Waals surface area contributed by atoms with Crippen LogP contribution >= 0.6 is 27.9 Å². The molecule has 1 aromatic rings. The van der Waals surface area contributed by atoms with Gasteiger partial charge in [0.2, 0.25) is 0 Å². The molecule has 0 spiro atoms. The summed E-state index contributed by atoms with van der Waals surface area (Å²) in [6, 6.07) is 10.0. The molecule has 0 aromatic heterocycles. The first-order chi connectivity index (χ1) is 8.74. The fourth-order valence-electron chi connectivity index (χ4n) is 1.46. The van der Waals surface area contributed by atoms with E-state index in [4.69, 9.17) is 16.3 Å². The first kappa shape index (κ1) is 15.5. The van der Waals surface area contributed by atoms with Crippen LogP contribution in [0.25, 0.3) is 0 Å². The molecule has 18 heavy (non-hydrogen) atoms. The van der Waals surface area contributed by atoms with Gasteiger partial charge in [-0.3, -0.25) is 0 Å². The number of rotatable bonds is 8. The Bertz CT molecular complexity index is 345. The lowest BCUT2D eigenvalue weighted by Gasteiger charge is -2.06. The van der Waals surface area contributed by atoms with Crippen LogP contribution in [-0.4, -0.2) is 18.0 Å². The maximum atomic E-state index is 11.0. The van der Waals surface area contributed by atoms with Gasteiger partial charge in [-0.1, -0.05) is 30.3 Å². The van der Waals surface area contributed by atoms with E-state index in [0.29, 0.717) is 19.6 Å². The Balaban J connectivity index is 2.01. The summed E-state index contributed by atoms with van der Waals surface area (Å²) in [6.07, 6.45) is 2.32. The normalized spacial score (nSPS) is 12.1. The highest BCUT2D eigenvalue weighted by Crippen LogP contribution is 2.11. The number of alkyl halides is 1. The third-order valence-electron chi connectivity index (χ3n) is 2.44. The van der Waals surface area contributed by atoms with Gasteiger partial charge >= 0.3 is 5.97 Å². The van der Waals surface area contributed by atoms with Crippen molar-refractivity contribution in [2.45, 2.75) is 31.2 Å². The number of benzene rings is 1. The third kappa shape index (κ3) is 6.38. The lowest BCUT2D eigenvalue weighted by molar-refractivity contribution is -0.132. The smallest absolute Gasteiger partial charge is 0.335 e. The summed E-state index contributed by atoms with van der Waals surface area (Å²) in [6.45, 7) is 1.29. The fraction of sp³-hybridized carbons (Fsp3) is 0.462. The molecule has 0 amide bonds. The first-order valence-electron chi connectivity index (χ1n) is 5.82. The number of unbranched alkanes of at least 4 members (excludes halogenated alkanes) is 1. The molecule has 0 fully saturated rings. The van der Waals surface area contributed by atoms with E-state index in [9.17, 15) is 4.79 Å². The molecule has 1 aromatic carbocycles. The maximum Gasteiger partial charge on any atom is 0.335 e. The van der Waals surface area contributed by atoms with Crippen LogP contribution in [0.5, 0.6) is 0 Å². The van der Waals surface area contributed by atoms with Crippen LogP contribution in [0.2, 0.25) is 0 Å². The van der Waals surface area contributed by atoms with Crippen molar-refractivity contribution < 1.29 is 13.4 Å². The van der Waals surface area contributed by atoms with Gasteiger partial charge in [-0.2, -0.15) is 0 Å². The molecular weight excluding hydrogens is 319 g/mol. The number of ether oxygens (including phenoxy) is 1.